The molecule has 0 unspecified atom stereocenters. The molecule has 0 fully saturated rings. The van der Waals surface area contributed by atoms with Crippen molar-refractivity contribution in [1.82, 2.24) is 4.90 Å². The van der Waals surface area contributed by atoms with Gasteiger partial charge in [0.05, 0.1) is 0 Å². The van der Waals surface area contributed by atoms with Crippen LogP contribution in [-0.2, 0) is 9.59 Å². The van der Waals surface area contributed by atoms with Crippen molar-refractivity contribution in [2.45, 2.75) is 111 Å². The Morgan fingerprint density at radius 1 is 0.815 bits per heavy atom. The summed E-state index contributed by atoms with van der Waals surface area (Å²) in [6.45, 7) is 6.00. The summed E-state index contributed by atoms with van der Waals surface area (Å²) in [5.74, 6) is -0.923. The van der Waals surface area contributed by atoms with E-state index < -0.39 is 5.97 Å². The lowest BCUT2D eigenvalue weighted by atomic mass is 10.1. The highest BCUT2D eigenvalue weighted by molar-refractivity contribution is 5.94. The van der Waals surface area contributed by atoms with Gasteiger partial charge in [0.15, 0.2) is 5.96 Å². The number of carboxylic acids is 1. The van der Waals surface area contributed by atoms with Crippen LogP contribution in [0.2, 0.25) is 0 Å². The van der Waals surface area contributed by atoms with Crippen LogP contribution in [0.4, 0.5) is 0 Å². The molecule has 0 aromatic carbocycles. The highest BCUT2D eigenvalue weighted by Crippen LogP contribution is 2.12. The van der Waals surface area contributed by atoms with Crippen LogP contribution in [0, 0.1) is 5.41 Å². The van der Waals surface area contributed by atoms with Crippen LogP contribution in [0.15, 0.2) is 0 Å². The number of carbonyl (C=O) groups is 2. The molecule has 0 aliphatic carbocycles. The number of hydrogen-bond acceptors (Lipinski definition) is 3. The SMILES string of the molecule is CC(=O)O.CCCCCCCCCCCCCC(=O)N(CCCC)C(=N)N. The molecule has 0 saturated carbocycles. The number of nitrogens with one attached hydrogen (secondary N) is 1. The molecule has 0 atom stereocenters. The van der Waals surface area contributed by atoms with E-state index in [0.717, 1.165) is 32.6 Å². The highest BCUT2D eigenvalue weighted by Gasteiger charge is 2.14. The lowest BCUT2D eigenvalue weighted by Gasteiger charge is -2.20. The van der Waals surface area contributed by atoms with E-state index in [-0.39, 0.29) is 11.9 Å². The first kappa shape index (κ1) is 27.6. The van der Waals surface area contributed by atoms with E-state index in [1.165, 1.54) is 62.7 Å². The van der Waals surface area contributed by atoms with Crippen molar-refractivity contribution in [3.05, 3.63) is 0 Å². The lowest BCUT2D eigenvalue weighted by Crippen LogP contribution is -2.41. The third-order valence-corrected chi connectivity index (χ3v) is 4.32. The van der Waals surface area contributed by atoms with Crippen molar-refractivity contribution in [1.29, 1.82) is 5.41 Å². The Hall–Kier alpha value is -1.59. The fourth-order valence-corrected chi connectivity index (χ4v) is 2.77. The minimum atomic E-state index is -0.833. The molecule has 0 aromatic rings. The summed E-state index contributed by atoms with van der Waals surface area (Å²) in [6, 6.07) is 0. The number of hydrogen-bond donors (Lipinski definition) is 3. The number of carboxylic acid groups (broad SMARTS) is 1. The van der Waals surface area contributed by atoms with Gasteiger partial charge in [0.25, 0.3) is 5.97 Å². The molecule has 1 amide bonds. The van der Waals surface area contributed by atoms with Gasteiger partial charge in [-0.25, -0.2) is 0 Å². The first-order valence-electron chi connectivity index (χ1n) is 10.7. The molecule has 0 saturated heterocycles. The number of nitrogens with two attached hydrogens (primary N) is 1. The molecule has 6 heteroatoms. The average Bonchev–Trinajstić information content (AvgIpc) is 2.59. The summed E-state index contributed by atoms with van der Waals surface area (Å²) in [5.41, 5.74) is 5.50. The van der Waals surface area contributed by atoms with Gasteiger partial charge >= 0.3 is 0 Å². The number of amides is 1. The Bertz CT molecular complexity index is 383. The zero-order chi connectivity index (χ0) is 20.9. The average molecular weight is 386 g/mol. The Balaban J connectivity index is 0. The molecule has 0 spiro atoms. The zero-order valence-electron chi connectivity index (χ0n) is 17.9. The fourth-order valence-electron chi connectivity index (χ4n) is 2.77. The van der Waals surface area contributed by atoms with E-state index in [1.807, 2.05) is 0 Å². The van der Waals surface area contributed by atoms with Gasteiger partial charge in [-0.3, -0.25) is 19.9 Å². The monoisotopic (exact) mass is 385 g/mol. The molecule has 0 heterocycles. The van der Waals surface area contributed by atoms with E-state index in [2.05, 4.69) is 13.8 Å². The largest absolute Gasteiger partial charge is 0.481 e. The summed E-state index contributed by atoms with van der Waals surface area (Å²) < 4.78 is 0. The zero-order valence-corrected chi connectivity index (χ0v) is 17.9. The summed E-state index contributed by atoms with van der Waals surface area (Å²) in [6.07, 6.45) is 16.5. The van der Waals surface area contributed by atoms with Gasteiger partial charge in [-0.1, -0.05) is 84.5 Å². The molecule has 0 bridgehead atoms. The first-order chi connectivity index (χ1) is 12.9. The highest BCUT2D eigenvalue weighted by atomic mass is 16.4. The van der Waals surface area contributed by atoms with Gasteiger partial charge in [0.1, 0.15) is 0 Å². The van der Waals surface area contributed by atoms with E-state index in [1.54, 1.807) is 0 Å². The quantitative estimate of drug-likeness (QED) is 0.202. The Morgan fingerprint density at radius 2 is 1.19 bits per heavy atom. The Kier molecular flexibility index (Phi) is 21.2. The normalized spacial score (nSPS) is 10.0. The Morgan fingerprint density at radius 3 is 1.56 bits per heavy atom. The maximum absolute atomic E-state index is 12.1. The second-order valence-corrected chi connectivity index (χ2v) is 7.09. The van der Waals surface area contributed by atoms with Crippen molar-refractivity contribution in [2.24, 2.45) is 5.73 Å². The van der Waals surface area contributed by atoms with Crippen molar-refractivity contribution in [2.75, 3.05) is 6.54 Å². The summed E-state index contributed by atoms with van der Waals surface area (Å²) in [5, 5.41) is 14.9. The molecule has 4 N–H and O–H groups in total. The number of carbonyl (C=O) groups excluding carboxylic acids is 1. The van der Waals surface area contributed by atoms with E-state index in [4.69, 9.17) is 21.0 Å². The smallest absolute Gasteiger partial charge is 0.300 e. The molecular formula is C21H43N3O3. The number of unbranched alkanes of at least 4 members (excludes halogenated alkanes) is 11. The maximum Gasteiger partial charge on any atom is 0.300 e. The maximum atomic E-state index is 12.1. The van der Waals surface area contributed by atoms with Crippen molar-refractivity contribution in [3.63, 3.8) is 0 Å². The molecule has 6 nitrogen and oxygen atoms in total. The van der Waals surface area contributed by atoms with Crippen LogP contribution in [-0.4, -0.2) is 34.4 Å². The van der Waals surface area contributed by atoms with Gasteiger partial charge in [0, 0.05) is 19.9 Å². The summed E-state index contributed by atoms with van der Waals surface area (Å²) in [4.78, 5) is 22.5. The van der Waals surface area contributed by atoms with E-state index in [0.29, 0.717) is 13.0 Å². The van der Waals surface area contributed by atoms with Gasteiger partial charge < -0.3 is 10.8 Å². The van der Waals surface area contributed by atoms with Gasteiger partial charge in [0.2, 0.25) is 5.91 Å². The standard InChI is InChI=1S/C19H39N3O.C2H4O2/c1-3-5-7-8-9-10-11-12-13-14-15-16-18(23)22(19(20)21)17-6-4-2;1-2(3)4/h3-17H2,1-2H3,(H3,20,21);1H3,(H,3,4). The molecule has 0 rings (SSSR count). The molecule has 0 radical (unpaired) electrons. The topological polar surface area (TPSA) is 107 Å². The molecule has 0 aliphatic heterocycles. The van der Waals surface area contributed by atoms with Crippen molar-refractivity contribution < 1.29 is 14.7 Å². The molecule has 160 valence electrons. The summed E-state index contributed by atoms with van der Waals surface area (Å²) in [7, 11) is 0. The second kappa shape index (κ2) is 20.7. The van der Waals surface area contributed by atoms with Crippen molar-refractivity contribution in [3.8, 4) is 0 Å². The molecule has 0 aliphatic rings. The van der Waals surface area contributed by atoms with Gasteiger partial charge in [-0.2, -0.15) is 0 Å². The van der Waals surface area contributed by atoms with Crippen molar-refractivity contribution >= 4 is 17.8 Å². The predicted octanol–water partition coefficient (Wildman–Crippen LogP) is 5.30. The van der Waals surface area contributed by atoms with Crippen LogP contribution in [0.1, 0.15) is 111 Å². The predicted molar refractivity (Wildman–Crippen MR) is 113 cm³/mol. The number of guanidine groups is 1. The van der Waals surface area contributed by atoms with Gasteiger partial charge in [-0.05, 0) is 12.8 Å². The van der Waals surface area contributed by atoms with Crippen LogP contribution >= 0.6 is 0 Å². The third kappa shape index (κ3) is 22.4. The third-order valence-electron chi connectivity index (χ3n) is 4.32. The first-order valence-corrected chi connectivity index (χ1v) is 10.7. The van der Waals surface area contributed by atoms with Crippen LogP contribution < -0.4 is 5.73 Å². The van der Waals surface area contributed by atoms with Crippen LogP contribution in [0.3, 0.4) is 0 Å². The van der Waals surface area contributed by atoms with Crippen LogP contribution in [0.25, 0.3) is 0 Å². The van der Waals surface area contributed by atoms with Gasteiger partial charge in [-0.15, -0.1) is 0 Å². The van der Waals surface area contributed by atoms with E-state index in [9.17, 15) is 4.79 Å². The van der Waals surface area contributed by atoms with E-state index >= 15 is 0 Å². The second-order valence-electron chi connectivity index (χ2n) is 7.09. The minimum absolute atomic E-state index is 0.0156. The number of nitrogens with zero attached hydrogens (tertiary/aromatic N) is 1. The minimum Gasteiger partial charge on any atom is -0.481 e. The Labute approximate surface area is 166 Å². The lowest BCUT2D eigenvalue weighted by molar-refractivity contribution is -0.134. The van der Waals surface area contributed by atoms with Crippen LogP contribution in [0.5, 0.6) is 0 Å². The molecular weight excluding hydrogens is 342 g/mol. The molecule has 0 aromatic heterocycles. The number of rotatable bonds is 15. The fraction of sp³-hybridized carbons (Fsp3) is 0.857. The molecule has 27 heavy (non-hydrogen) atoms. The summed E-state index contributed by atoms with van der Waals surface area (Å²) >= 11 is 0. The number of aliphatic carboxylic acids is 1.